The molecule has 50 valence electrons. The lowest BCUT2D eigenvalue weighted by molar-refractivity contribution is 0.621. The summed E-state index contributed by atoms with van der Waals surface area (Å²) in [7, 11) is 0. The Morgan fingerprint density at radius 1 is 1.56 bits per heavy atom. The zero-order chi connectivity index (χ0) is 6.91. The second-order valence-corrected chi connectivity index (χ2v) is 3.67. The van der Waals surface area contributed by atoms with Crippen LogP contribution in [0.5, 0.6) is 0 Å². The van der Waals surface area contributed by atoms with Crippen LogP contribution in [0.2, 0.25) is 0 Å². The Bertz CT molecular complexity index is 170. The third-order valence-corrected chi connectivity index (χ3v) is 1.61. The van der Waals surface area contributed by atoms with E-state index in [9.17, 15) is 0 Å². The van der Waals surface area contributed by atoms with Crippen molar-refractivity contribution in [1.29, 1.82) is 0 Å². The van der Waals surface area contributed by atoms with Crippen LogP contribution in [0.15, 0.2) is 20.6 Å². The summed E-state index contributed by atoms with van der Waals surface area (Å²) < 4.78 is 3.88. The molecule has 3 heteroatoms. The molecule has 0 N–H and O–H groups in total. The molecule has 9 heavy (non-hydrogen) atoms. The molecule has 0 radical (unpaired) electrons. The van der Waals surface area contributed by atoms with Gasteiger partial charge in [-0.3, -0.25) is 0 Å². The first-order valence-corrected chi connectivity index (χ1v) is 3.66. The first kappa shape index (κ1) is 6.81. The molecule has 0 amide bonds. The maximum atomic E-state index is 4.02. The molecular formula is C6H10N2S. The molecule has 0 aliphatic carbocycles. The number of nitrogens with zero attached hydrogens (tertiary/aromatic N) is 2. The Hall–Kier alpha value is -0.310. The van der Waals surface area contributed by atoms with Gasteiger partial charge in [0.15, 0.2) is 0 Å². The molecule has 0 saturated carbocycles. The molecule has 0 saturated heterocycles. The average molecular weight is 142 g/mol. The van der Waals surface area contributed by atoms with Crippen molar-refractivity contribution in [1.82, 2.24) is 0 Å². The van der Waals surface area contributed by atoms with Crippen LogP contribution in [0, 0.1) is 0 Å². The van der Waals surface area contributed by atoms with Gasteiger partial charge in [-0.05, 0) is 26.8 Å². The highest BCUT2D eigenvalue weighted by atomic mass is 32.2. The first-order chi connectivity index (χ1) is 4.10. The molecule has 0 aromatic heterocycles. The standard InChI is InChI=1S/C6H10N2S/c1-5-4-6(2,3)7-8-9-5/h4H,1-3H3. The molecule has 2 nitrogen and oxygen atoms in total. The molecule has 0 aromatic carbocycles. The second kappa shape index (κ2) is 2.14. The van der Waals surface area contributed by atoms with E-state index in [0.717, 1.165) is 0 Å². The van der Waals surface area contributed by atoms with Crippen LogP contribution < -0.4 is 0 Å². The average Bonchev–Trinajstić information content (AvgIpc) is 1.60. The van der Waals surface area contributed by atoms with Gasteiger partial charge in [-0.2, -0.15) is 5.11 Å². The highest BCUT2D eigenvalue weighted by Gasteiger charge is 2.16. The largest absolute Gasteiger partial charge is 0.171 e. The fourth-order valence-electron chi connectivity index (χ4n) is 0.743. The van der Waals surface area contributed by atoms with Gasteiger partial charge in [-0.1, -0.05) is 0 Å². The summed E-state index contributed by atoms with van der Waals surface area (Å²) in [5, 5.41) is 4.02. The van der Waals surface area contributed by atoms with Crippen molar-refractivity contribution in [3.05, 3.63) is 11.0 Å². The summed E-state index contributed by atoms with van der Waals surface area (Å²) in [6, 6.07) is 0. The van der Waals surface area contributed by atoms with Gasteiger partial charge in [0.2, 0.25) is 0 Å². The van der Waals surface area contributed by atoms with Gasteiger partial charge in [0.05, 0.1) is 5.54 Å². The summed E-state index contributed by atoms with van der Waals surface area (Å²) in [6.07, 6.45) is 2.12. The van der Waals surface area contributed by atoms with E-state index in [4.69, 9.17) is 0 Å². The fourth-order valence-corrected chi connectivity index (χ4v) is 1.46. The maximum absolute atomic E-state index is 4.02. The molecule has 0 spiro atoms. The molecule has 0 fully saturated rings. The Morgan fingerprint density at radius 3 is 2.56 bits per heavy atom. The molecule has 1 rings (SSSR count). The van der Waals surface area contributed by atoms with Crippen LogP contribution in [-0.4, -0.2) is 5.54 Å². The van der Waals surface area contributed by atoms with E-state index >= 15 is 0 Å². The molecule has 1 aliphatic heterocycles. The normalized spacial score (nSPS) is 23.7. The first-order valence-electron chi connectivity index (χ1n) is 2.89. The summed E-state index contributed by atoms with van der Waals surface area (Å²) in [6.45, 7) is 6.13. The van der Waals surface area contributed by atoms with Crippen molar-refractivity contribution in [3.63, 3.8) is 0 Å². The monoisotopic (exact) mass is 142 g/mol. The number of hydrogen-bond acceptors (Lipinski definition) is 3. The van der Waals surface area contributed by atoms with Gasteiger partial charge in [0.25, 0.3) is 0 Å². The van der Waals surface area contributed by atoms with Gasteiger partial charge in [0.1, 0.15) is 0 Å². The molecule has 0 aromatic rings. The molecular weight excluding hydrogens is 132 g/mol. The number of allylic oxidation sites excluding steroid dienone is 1. The second-order valence-electron chi connectivity index (χ2n) is 2.68. The van der Waals surface area contributed by atoms with E-state index in [-0.39, 0.29) is 5.54 Å². The van der Waals surface area contributed by atoms with E-state index in [0.29, 0.717) is 0 Å². The van der Waals surface area contributed by atoms with Crippen LogP contribution in [-0.2, 0) is 0 Å². The predicted molar refractivity (Wildman–Crippen MR) is 40.3 cm³/mol. The maximum Gasteiger partial charge on any atom is 0.0961 e. The Morgan fingerprint density at radius 2 is 2.22 bits per heavy atom. The van der Waals surface area contributed by atoms with Gasteiger partial charge in [0, 0.05) is 16.9 Å². The van der Waals surface area contributed by atoms with Gasteiger partial charge in [-0.15, -0.1) is 4.52 Å². The van der Waals surface area contributed by atoms with Crippen LogP contribution in [0.25, 0.3) is 0 Å². The van der Waals surface area contributed by atoms with Crippen molar-refractivity contribution >= 4 is 11.9 Å². The summed E-state index contributed by atoms with van der Waals surface area (Å²) >= 11 is 1.44. The van der Waals surface area contributed by atoms with Crippen molar-refractivity contribution < 1.29 is 0 Å². The lowest BCUT2D eigenvalue weighted by atomic mass is 10.1. The van der Waals surface area contributed by atoms with E-state index in [1.165, 1.54) is 16.9 Å². The molecule has 0 bridgehead atoms. The van der Waals surface area contributed by atoms with Crippen molar-refractivity contribution in [2.75, 3.05) is 0 Å². The minimum absolute atomic E-state index is 0.0741. The summed E-state index contributed by atoms with van der Waals surface area (Å²) in [5.41, 5.74) is -0.0741. The zero-order valence-corrected chi connectivity index (χ0v) is 6.70. The third kappa shape index (κ3) is 1.82. The van der Waals surface area contributed by atoms with Crippen LogP contribution in [0.4, 0.5) is 0 Å². The third-order valence-electron chi connectivity index (χ3n) is 1.04. The van der Waals surface area contributed by atoms with Crippen molar-refractivity contribution in [3.8, 4) is 0 Å². The smallest absolute Gasteiger partial charge is 0.0961 e. The lowest BCUT2D eigenvalue weighted by Gasteiger charge is -2.16. The topological polar surface area (TPSA) is 24.7 Å². The van der Waals surface area contributed by atoms with Gasteiger partial charge >= 0.3 is 0 Å². The minimum atomic E-state index is -0.0741. The van der Waals surface area contributed by atoms with Gasteiger partial charge in [-0.25, -0.2) is 0 Å². The molecule has 1 aliphatic rings. The fraction of sp³-hybridized carbons (Fsp3) is 0.667. The lowest BCUT2D eigenvalue weighted by Crippen LogP contribution is -2.13. The van der Waals surface area contributed by atoms with E-state index in [1.54, 1.807) is 0 Å². The Kier molecular flexibility index (Phi) is 1.62. The highest BCUT2D eigenvalue weighted by molar-refractivity contribution is 8.01. The zero-order valence-electron chi connectivity index (χ0n) is 5.88. The molecule has 0 unspecified atom stereocenters. The van der Waals surface area contributed by atoms with E-state index in [2.05, 4.69) is 15.7 Å². The van der Waals surface area contributed by atoms with E-state index < -0.39 is 0 Å². The molecule has 0 atom stereocenters. The van der Waals surface area contributed by atoms with Crippen LogP contribution >= 0.6 is 11.9 Å². The van der Waals surface area contributed by atoms with Crippen molar-refractivity contribution in [2.45, 2.75) is 26.3 Å². The van der Waals surface area contributed by atoms with Crippen LogP contribution in [0.1, 0.15) is 20.8 Å². The van der Waals surface area contributed by atoms with Crippen molar-refractivity contribution in [2.24, 2.45) is 9.63 Å². The Labute approximate surface area is 59.6 Å². The predicted octanol–water partition coefficient (Wildman–Crippen LogP) is 2.78. The number of hydrogen-bond donors (Lipinski definition) is 0. The highest BCUT2D eigenvalue weighted by Crippen LogP contribution is 2.28. The quantitative estimate of drug-likeness (QED) is 0.477. The SMILES string of the molecule is CC1=CC(C)(C)N=NS1. The van der Waals surface area contributed by atoms with E-state index in [1.807, 2.05) is 20.8 Å². The number of rotatable bonds is 0. The Balaban J connectivity index is 2.78. The summed E-state index contributed by atoms with van der Waals surface area (Å²) in [4.78, 5) is 1.23. The van der Waals surface area contributed by atoms with Gasteiger partial charge < -0.3 is 0 Å². The molecule has 1 heterocycles. The van der Waals surface area contributed by atoms with Crippen LogP contribution in [0.3, 0.4) is 0 Å². The minimum Gasteiger partial charge on any atom is -0.171 e. The summed E-state index contributed by atoms with van der Waals surface area (Å²) in [5.74, 6) is 0.